The highest BCUT2D eigenvalue weighted by atomic mass is 31.2. The molecule has 240 valence electrons. The van der Waals surface area contributed by atoms with Crippen LogP contribution in [-0.2, 0) is 25.5 Å². The van der Waals surface area contributed by atoms with Gasteiger partial charge in [-0.05, 0) is 36.8 Å². The van der Waals surface area contributed by atoms with E-state index in [-0.39, 0.29) is 37.0 Å². The van der Waals surface area contributed by atoms with Crippen LogP contribution in [0.2, 0.25) is 0 Å². The predicted molar refractivity (Wildman–Crippen MR) is 167 cm³/mol. The van der Waals surface area contributed by atoms with Crippen molar-refractivity contribution >= 4 is 31.5 Å². The van der Waals surface area contributed by atoms with E-state index in [1.54, 1.807) is 84.9 Å². The lowest BCUT2D eigenvalue weighted by Crippen LogP contribution is -2.55. The second kappa shape index (κ2) is 17.3. The monoisotopic (exact) mass is 640 g/mol. The number of aliphatic imine (C=N–C) groups is 1. The minimum absolute atomic E-state index is 0.0457. The molecule has 3 rings (SSSR count). The second-order valence-electron chi connectivity index (χ2n) is 9.64. The Balaban J connectivity index is 1.72. The van der Waals surface area contributed by atoms with Crippen molar-refractivity contribution in [3.63, 3.8) is 0 Å². The number of nitrogens with two attached hydrogens (primary N) is 2. The average molecular weight is 641 g/mol. The topological polar surface area (TPSA) is 217 Å². The van der Waals surface area contributed by atoms with Crippen molar-refractivity contribution in [1.29, 1.82) is 0 Å². The number of nitrogens with one attached hydrogen (secondary N) is 3. The number of hydrogen-bond acceptors (Lipinski definition) is 9. The highest BCUT2D eigenvalue weighted by Crippen LogP contribution is 2.53. The van der Waals surface area contributed by atoms with Gasteiger partial charge in [-0.15, -0.1) is 0 Å². The van der Waals surface area contributed by atoms with Crippen LogP contribution in [0.3, 0.4) is 0 Å². The number of ether oxygens (including phenoxy) is 1. The van der Waals surface area contributed by atoms with Gasteiger partial charge in [0.1, 0.15) is 30.2 Å². The first kappa shape index (κ1) is 34.4. The molecular weight excluding hydrogens is 603 g/mol. The molecule has 3 amide bonds. The molecule has 0 bridgehead atoms. The highest BCUT2D eigenvalue weighted by molar-refractivity contribution is 7.55. The molecule has 0 aromatic heterocycles. The summed E-state index contributed by atoms with van der Waals surface area (Å²) in [5.74, 6) is -2.69. The number of benzene rings is 3. The van der Waals surface area contributed by atoms with Crippen LogP contribution in [0.4, 0.5) is 4.79 Å². The number of rotatable bonds is 16. The zero-order chi connectivity index (χ0) is 32.7. The Morgan fingerprint density at radius 1 is 0.822 bits per heavy atom. The van der Waals surface area contributed by atoms with Crippen LogP contribution >= 0.6 is 7.60 Å². The van der Waals surface area contributed by atoms with Gasteiger partial charge in [-0.25, -0.2) is 9.36 Å². The molecule has 15 heteroatoms. The molecule has 14 nitrogen and oxygen atoms in total. The molecule has 3 aromatic carbocycles. The smallest absolute Gasteiger partial charge is 0.445 e. The molecule has 3 aromatic rings. The van der Waals surface area contributed by atoms with Gasteiger partial charge in [0.15, 0.2) is 11.7 Å². The molecule has 3 atom stereocenters. The van der Waals surface area contributed by atoms with Crippen LogP contribution in [0.1, 0.15) is 18.9 Å². The molecule has 45 heavy (non-hydrogen) atoms. The maximum atomic E-state index is 14.4. The number of guanidine groups is 1. The Kier molecular flexibility index (Phi) is 13.2. The Morgan fingerprint density at radius 2 is 1.36 bits per heavy atom. The molecule has 0 saturated carbocycles. The number of amides is 3. The van der Waals surface area contributed by atoms with Crippen LogP contribution in [0, 0.1) is 0 Å². The van der Waals surface area contributed by atoms with E-state index in [0.29, 0.717) is 0 Å². The molecule has 0 aliphatic carbocycles. The van der Waals surface area contributed by atoms with E-state index in [2.05, 4.69) is 20.9 Å². The van der Waals surface area contributed by atoms with Gasteiger partial charge in [0.05, 0.1) is 6.61 Å². The fraction of sp³-hybridized carbons (Fsp3) is 0.267. The zero-order valence-corrected chi connectivity index (χ0v) is 25.5. The fourth-order valence-corrected chi connectivity index (χ4v) is 5.64. The Bertz CT molecular complexity index is 1410. The van der Waals surface area contributed by atoms with Gasteiger partial charge >= 0.3 is 13.7 Å². The van der Waals surface area contributed by atoms with Crippen LogP contribution in [0.5, 0.6) is 11.5 Å². The lowest BCUT2D eigenvalue weighted by atomic mass is 10.2. The molecule has 0 fully saturated rings. The Morgan fingerprint density at radius 3 is 1.87 bits per heavy atom. The van der Waals surface area contributed by atoms with Crippen molar-refractivity contribution in [2.75, 3.05) is 13.2 Å². The van der Waals surface area contributed by atoms with E-state index in [4.69, 9.17) is 25.3 Å². The first-order valence-corrected chi connectivity index (χ1v) is 15.5. The third-order valence-corrected chi connectivity index (χ3v) is 8.18. The van der Waals surface area contributed by atoms with Gasteiger partial charge in [-0.2, -0.15) is 0 Å². The molecule has 8 N–H and O–H groups in total. The van der Waals surface area contributed by atoms with Crippen LogP contribution in [-0.4, -0.2) is 60.0 Å². The van der Waals surface area contributed by atoms with Crippen LogP contribution < -0.4 is 36.5 Å². The SMILES string of the molecule is CC(NC(=O)C(CO)NC(=O)OCc1ccccc1)C(=O)NC(CCN=C(N)N)P(=O)(Oc1ccccc1)Oc1ccccc1. The van der Waals surface area contributed by atoms with Gasteiger partial charge in [0.25, 0.3) is 0 Å². The van der Waals surface area contributed by atoms with Gasteiger partial charge in [-0.3, -0.25) is 14.6 Å². The molecule has 0 radical (unpaired) electrons. The first-order valence-electron chi connectivity index (χ1n) is 13.9. The van der Waals surface area contributed by atoms with Crippen molar-refractivity contribution in [2.24, 2.45) is 16.5 Å². The maximum Gasteiger partial charge on any atom is 0.452 e. The summed E-state index contributed by atoms with van der Waals surface area (Å²) in [7, 11) is -4.25. The Labute approximate surface area is 260 Å². The van der Waals surface area contributed by atoms with E-state index < -0.39 is 50.0 Å². The number of para-hydroxylation sites is 2. The number of carbonyl (C=O) groups excluding carboxylic acids is 3. The number of hydrogen-bond donors (Lipinski definition) is 6. The van der Waals surface area contributed by atoms with E-state index in [0.717, 1.165) is 5.56 Å². The molecule has 0 aliphatic rings. The minimum atomic E-state index is -4.25. The quantitative estimate of drug-likeness (QED) is 0.0762. The van der Waals surface area contributed by atoms with Crippen molar-refractivity contribution < 1.29 is 37.8 Å². The summed E-state index contributed by atoms with van der Waals surface area (Å²) in [6.07, 6.45) is -1.02. The van der Waals surface area contributed by atoms with E-state index >= 15 is 0 Å². The van der Waals surface area contributed by atoms with Gasteiger partial charge in [0.2, 0.25) is 11.8 Å². The van der Waals surface area contributed by atoms with Crippen molar-refractivity contribution in [3.05, 3.63) is 96.6 Å². The summed E-state index contributed by atoms with van der Waals surface area (Å²) in [5.41, 5.74) is 11.7. The minimum Gasteiger partial charge on any atom is -0.445 e. The summed E-state index contributed by atoms with van der Waals surface area (Å²) in [6.45, 7) is 0.495. The zero-order valence-electron chi connectivity index (χ0n) is 24.6. The average Bonchev–Trinajstić information content (AvgIpc) is 3.03. The molecule has 3 unspecified atom stereocenters. The third kappa shape index (κ3) is 11.5. The number of carbonyl (C=O) groups is 3. The van der Waals surface area contributed by atoms with Gasteiger partial charge in [0, 0.05) is 13.0 Å². The summed E-state index contributed by atoms with van der Waals surface area (Å²) in [6, 6.07) is 22.7. The van der Waals surface area contributed by atoms with E-state index in [1.165, 1.54) is 6.92 Å². The molecule has 0 heterocycles. The molecular formula is C30H37N6O8P. The van der Waals surface area contributed by atoms with E-state index in [9.17, 15) is 24.1 Å². The molecule has 0 aliphatic heterocycles. The third-order valence-electron chi connectivity index (χ3n) is 6.10. The van der Waals surface area contributed by atoms with Gasteiger partial charge in [-0.1, -0.05) is 66.7 Å². The van der Waals surface area contributed by atoms with Crippen LogP contribution in [0.15, 0.2) is 96.0 Å². The number of aliphatic hydroxyl groups excluding tert-OH is 1. The Hall–Kier alpha value is -5.07. The van der Waals surface area contributed by atoms with Crippen molar-refractivity contribution in [3.8, 4) is 11.5 Å². The summed E-state index contributed by atoms with van der Waals surface area (Å²) in [5, 5.41) is 17.0. The largest absolute Gasteiger partial charge is 0.452 e. The summed E-state index contributed by atoms with van der Waals surface area (Å²) < 4.78 is 31.2. The molecule has 0 saturated heterocycles. The second-order valence-corrected chi connectivity index (χ2v) is 11.7. The number of alkyl carbamates (subject to hydrolysis) is 1. The first-order chi connectivity index (χ1) is 21.6. The highest BCUT2D eigenvalue weighted by Gasteiger charge is 2.41. The summed E-state index contributed by atoms with van der Waals surface area (Å²) >= 11 is 0. The van der Waals surface area contributed by atoms with Gasteiger partial charge < -0.3 is 46.3 Å². The normalized spacial score (nSPS) is 12.8. The number of aliphatic hydroxyl groups is 1. The van der Waals surface area contributed by atoms with Crippen LogP contribution in [0.25, 0.3) is 0 Å². The maximum absolute atomic E-state index is 14.4. The van der Waals surface area contributed by atoms with Crippen molar-refractivity contribution in [1.82, 2.24) is 16.0 Å². The van der Waals surface area contributed by atoms with Crippen molar-refractivity contribution in [2.45, 2.75) is 37.8 Å². The predicted octanol–water partition coefficient (Wildman–Crippen LogP) is 2.24. The lowest BCUT2D eigenvalue weighted by Gasteiger charge is -2.29. The van der Waals surface area contributed by atoms with E-state index in [1.807, 2.05) is 6.07 Å². The lowest BCUT2D eigenvalue weighted by molar-refractivity contribution is -0.130. The summed E-state index contributed by atoms with van der Waals surface area (Å²) in [4.78, 5) is 42.3. The fourth-order valence-electron chi connectivity index (χ4n) is 3.80. The molecule has 0 spiro atoms. The number of nitrogens with zero attached hydrogens (tertiary/aromatic N) is 1. The standard InChI is InChI=1S/C30H37N6O8P/c1-21(34-28(39)25(19-37)35-30(40)42-20-22-11-5-2-6-12-22)27(38)36-26(17-18-33-29(31)32)45(41,43-23-13-7-3-8-14-23)44-24-15-9-4-10-16-24/h2-16,21,25-26,37H,17-20H2,1H3,(H,34,39)(H,35,40)(H,36,38)(H4,31,32,33).